The van der Waals surface area contributed by atoms with E-state index in [1.165, 1.54) is 4.88 Å². The first-order valence-electron chi connectivity index (χ1n) is 7.57. The molecule has 0 saturated heterocycles. The van der Waals surface area contributed by atoms with Crippen molar-refractivity contribution < 1.29 is 4.79 Å². The number of aryl methyl sites for hydroxylation is 3. The van der Waals surface area contributed by atoms with Crippen molar-refractivity contribution in [2.75, 3.05) is 6.54 Å². The molecule has 0 aromatic carbocycles. The molecule has 0 bridgehead atoms. The van der Waals surface area contributed by atoms with E-state index < -0.39 is 0 Å². The Labute approximate surface area is 136 Å². The molecule has 0 saturated carbocycles. The molecule has 0 aliphatic rings. The fourth-order valence-corrected chi connectivity index (χ4v) is 3.34. The van der Waals surface area contributed by atoms with E-state index in [1.807, 2.05) is 32.9 Å². The number of hydrogen-bond acceptors (Lipinski definition) is 4. The van der Waals surface area contributed by atoms with Crippen LogP contribution in [0.3, 0.4) is 0 Å². The number of rotatable bonds is 5. The molecule has 0 radical (unpaired) electrons. The number of carbonyl (C=O) groups excluding carboxylic acids is 1. The zero-order valence-corrected chi connectivity index (χ0v) is 14.7. The summed E-state index contributed by atoms with van der Waals surface area (Å²) >= 11 is 1.70. The second kappa shape index (κ2) is 7.01. The smallest absolute Gasteiger partial charge is 0.253 e. The molecule has 0 aliphatic carbocycles. The summed E-state index contributed by atoms with van der Waals surface area (Å²) in [5.41, 5.74) is 3.55. The van der Waals surface area contributed by atoms with E-state index >= 15 is 0 Å². The van der Waals surface area contributed by atoms with E-state index in [-0.39, 0.29) is 11.8 Å². The molecular weight excluding hydrogens is 294 g/mol. The standard InChI is InChI=1S/C17H23N3OS/c1-10(2)16-14(7-6-11(3)19-16)17(21)18-9-8-15-12(4)20-13(5)22-15/h6-7,10H,8-9H2,1-5H3,(H,18,21). The van der Waals surface area contributed by atoms with Gasteiger partial charge >= 0.3 is 0 Å². The Morgan fingerprint density at radius 3 is 2.55 bits per heavy atom. The van der Waals surface area contributed by atoms with Crippen molar-refractivity contribution in [3.8, 4) is 0 Å². The summed E-state index contributed by atoms with van der Waals surface area (Å²) in [7, 11) is 0. The number of carbonyl (C=O) groups is 1. The van der Waals surface area contributed by atoms with Crippen molar-refractivity contribution in [1.29, 1.82) is 0 Å². The number of pyridine rings is 1. The normalized spacial score (nSPS) is 11.0. The first kappa shape index (κ1) is 16.6. The van der Waals surface area contributed by atoms with Crippen molar-refractivity contribution in [1.82, 2.24) is 15.3 Å². The summed E-state index contributed by atoms with van der Waals surface area (Å²) in [6.45, 7) is 10.7. The molecule has 1 amide bonds. The van der Waals surface area contributed by atoms with Crippen LogP contribution in [-0.4, -0.2) is 22.4 Å². The predicted molar refractivity (Wildman–Crippen MR) is 90.7 cm³/mol. The number of thiazole rings is 1. The highest BCUT2D eigenvalue weighted by Crippen LogP contribution is 2.19. The van der Waals surface area contributed by atoms with Gasteiger partial charge in [0.15, 0.2) is 0 Å². The number of aromatic nitrogens is 2. The summed E-state index contributed by atoms with van der Waals surface area (Å²) in [5, 5.41) is 4.07. The zero-order valence-electron chi connectivity index (χ0n) is 13.9. The lowest BCUT2D eigenvalue weighted by Gasteiger charge is -2.12. The largest absolute Gasteiger partial charge is 0.352 e. The van der Waals surface area contributed by atoms with Gasteiger partial charge in [-0.25, -0.2) is 4.98 Å². The van der Waals surface area contributed by atoms with Crippen LogP contribution in [0.25, 0.3) is 0 Å². The molecular formula is C17H23N3OS. The van der Waals surface area contributed by atoms with Crippen molar-refractivity contribution in [3.05, 3.63) is 44.7 Å². The molecule has 2 aromatic heterocycles. The van der Waals surface area contributed by atoms with E-state index in [2.05, 4.69) is 29.1 Å². The number of nitrogens with one attached hydrogen (secondary N) is 1. The van der Waals surface area contributed by atoms with Crippen molar-refractivity contribution in [2.24, 2.45) is 0 Å². The molecule has 2 aromatic rings. The minimum absolute atomic E-state index is 0.0462. The fraction of sp³-hybridized carbons (Fsp3) is 0.471. The highest BCUT2D eigenvalue weighted by molar-refractivity contribution is 7.11. The van der Waals surface area contributed by atoms with Crippen LogP contribution in [0.5, 0.6) is 0 Å². The third kappa shape index (κ3) is 3.91. The molecule has 5 heteroatoms. The van der Waals surface area contributed by atoms with Crippen LogP contribution < -0.4 is 5.32 Å². The highest BCUT2D eigenvalue weighted by atomic mass is 32.1. The average Bonchev–Trinajstić information content (AvgIpc) is 2.76. The molecule has 0 fully saturated rings. The van der Waals surface area contributed by atoms with E-state index in [1.54, 1.807) is 11.3 Å². The van der Waals surface area contributed by atoms with Crippen LogP contribution >= 0.6 is 11.3 Å². The van der Waals surface area contributed by atoms with E-state index in [0.717, 1.165) is 28.5 Å². The minimum atomic E-state index is -0.0462. The molecule has 0 unspecified atom stereocenters. The van der Waals surface area contributed by atoms with Gasteiger partial charge in [-0.15, -0.1) is 11.3 Å². The van der Waals surface area contributed by atoms with Gasteiger partial charge < -0.3 is 5.32 Å². The molecule has 0 spiro atoms. The number of nitrogens with zero attached hydrogens (tertiary/aromatic N) is 2. The highest BCUT2D eigenvalue weighted by Gasteiger charge is 2.15. The van der Waals surface area contributed by atoms with Crippen molar-refractivity contribution in [3.63, 3.8) is 0 Å². The third-order valence-corrected chi connectivity index (χ3v) is 4.63. The molecule has 4 nitrogen and oxygen atoms in total. The van der Waals surface area contributed by atoms with Crippen LogP contribution in [0.1, 0.15) is 57.1 Å². The van der Waals surface area contributed by atoms with Gasteiger partial charge in [0.2, 0.25) is 0 Å². The Balaban J connectivity index is 2.02. The Kier molecular flexibility index (Phi) is 5.29. The molecule has 22 heavy (non-hydrogen) atoms. The Hall–Kier alpha value is -1.75. The van der Waals surface area contributed by atoms with Crippen LogP contribution in [0.4, 0.5) is 0 Å². The summed E-state index contributed by atoms with van der Waals surface area (Å²) in [6.07, 6.45) is 0.819. The summed E-state index contributed by atoms with van der Waals surface area (Å²) in [6, 6.07) is 3.76. The van der Waals surface area contributed by atoms with Gasteiger partial charge in [0.1, 0.15) is 0 Å². The average molecular weight is 317 g/mol. The van der Waals surface area contributed by atoms with Crippen molar-refractivity contribution >= 4 is 17.2 Å². The lowest BCUT2D eigenvalue weighted by Crippen LogP contribution is -2.27. The fourth-order valence-electron chi connectivity index (χ4n) is 2.40. The van der Waals surface area contributed by atoms with E-state index in [0.29, 0.717) is 12.1 Å². The summed E-state index contributed by atoms with van der Waals surface area (Å²) < 4.78 is 0. The van der Waals surface area contributed by atoms with Gasteiger partial charge in [0.25, 0.3) is 5.91 Å². The summed E-state index contributed by atoms with van der Waals surface area (Å²) in [5.74, 6) is 0.183. The quantitative estimate of drug-likeness (QED) is 0.917. The topological polar surface area (TPSA) is 54.9 Å². The lowest BCUT2D eigenvalue weighted by atomic mass is 10.0. The molecule has 2 heterocycles. The van der Waals surface area contributed by atoms with E-state index in [9.17, 15) is 4.79 Å². The maximum absolute atomic E-state index is 12.4. The van der Waals surface area contributed by atoms with Gasteiger partial charge in [0, 0.05) is 23.5 Å². The molecule has 0 atom stereocenters. The minimum Gasteiger partial charge on any atom is -0.352 e. The second-order valence-corrected chi connectivity index (χ2v) is 7.08. The lowest BCUT2D eigenvalue weighted by molar-refractivity contribution is 0.0952. The molecule has 0 aliphatic heterocycles. The second-order valence-electron chi connectivity index (χ2n) is 5.79. The SMILES string of the molecule is Cc1ccc(C(=O)NCCc2sc(C)nc2C)c(C(C)C)n1. The predicted octanol–water partition coefficient (Wildman–Crippen LogP) is 3.56. The van der Waals surface area contributed by atoms with Crippen LogP contribution in [0.15, 0.2) is 12.1 Å². The van der Waals surface area contributed by atoms with E-state index in [4.69, 9.17) is 0 Å². The van der Waals surface area contributed by atoms with Crippen molar-refractivity contribution in [2.45, 2.75) is 47.0 Å². The Morgan fingerprint density at radius 2 is 1.95 bits per heavy atom. The zero-order chi connectivity index (χ0) is 16.3. The van der Waals surface area contributed by atoms with Gasteiger partial charge in [0.05, 0.1) is 22.0 Å². The maximum atomic E-state index is 12.4. The van der Waals surface area contributed by atoms with Gasteiger partial charge in [-0.05, 0) is 38.8 Å². The van der Waals surface area contributed by atoms with Crippen LogP contribution in [0, 0.1) is 20.8 Å². The first-order valence-corrected chi connectivity index (χ1v) is 8.38. The third-order valence-electron chi connectivity index (χ3n) is 3.49. The summed E-state index contributed by atoms with van der Waals surface area (Å²) in [4.78, 5) is 22.6. The van der Waals surface area contributed by atoms with Crippen LogP contribution in [0.2, 0.25) is 0 Å². The van der Waals surface area contributed by atoms with Gasteiger partial charge in [-0.1, -0.05) is 13.8 Å². The molecule has 1 N–H and O–H groups in total. The van der Waals surface area contributed by atoms with Crippen LogP contribution in [-0.2, 0) is 6.42 Å². The van der Waals surface area contributed by atoms with Gasteiger partial charge in [-0.3, -0.25) is 9.78 Å². The molecule has 2 rings (SSSR count). The van der Waals surface area contributed by atoms with Gasteiger partial charge in [-0.2, -0.15) is 0 Å². The monoisotopic (exact) mass is 317 g/mol. The Morgan fingerprint density at radius 1 is 1.23 bits per heavy atom. The number of amides is 1. The molecule has 118 valence electrons. The first-order chi connectivity index (χ1) is 10.4. The number of hydrogen-bond donors (Lipinski definition) is 1. The maximum Gasteiger partial charge on any atom is 0.253 e. The Bertz CT molecular complexity index is 677.